The SMILES string of the molecule is c1ccc(CCN2CCN(c3nccc(N4CCOCC4)n3)CC2)cc1. The second kappa shape index (κ2) is 8.47. The van der Waals surface area contributed by atoms with Crippen LogP contribution in [0.3, 0.4) is 0 Å². The van der Waals surface area contributed by atoms with Gasteiger partial charge in [-0.2, -0.15) is 4.98 Å². The zero-order valence-electron chi connectivity index (χ0n) is 15.3. The molecule has 0 unspecified atom stereocenters. The average Bonchev–Trinajstić information content (AvgIpc) is 2.74. The van der Waals surface area contributed by atoms with Gasteiger partial charge in [-0.25, -0.2) is 4.98 Å². The van der Waals surface area contributed by atoms with Crippen molar-refractivity contribution in [2.24, 2.45) is 0 Å². The van der Waals surface area contributed by atoms with Crippen LogP contribution in [-0.2, 0) is 11.2 Å². The molecule has 26 heavy (non-hydrogen) atoms. The van der Waals surface area contributed by atoms with Gasteiger partial charge in [0.15, 0.2) is 0 Å². The van der Waals surface area contributed by atoms with Gasteiger partial charge in [-0.15, -0.1) is 0 Å². The van der Waals surface area contributed by atoms with Gasteiger partial charge < -0.3 is 14.5 Å². The zero-order valence-corrected chi connectivity index (χ0v) is 15.3. The summed E-state index contributed by atoms with van der Waals surface area (Å²) in [6, 6.07) is 12.7. The highest BCUT2D eigenvalue weighted by atomic mass is 16.5. The molecule has 1 aromatic carbocycles. The number of piperazine rings is 1. The van der Waals surface area contributed by atoms with Crippen LogP contribution in [0.2, 0.25) is 0 Å². The monoisotopic (exact) mass is 353 g/mol. The minimum Gasteiger partial charge on any atom is -0.378 e. The van der Waals surface area contributed by atoms with Crippen LogP contribution in [0.5, 0.6) is 0 Å². The van der Waals surface area contributed by atoms with E-state index in [2.05, 4.69) is 50.0 Å². The summed E-state index contributed by atoms with van der Waals surface area (Å²) in [4.78, 5) is 16.4. The Bertz CT molecular complexity index is 682. The Morgan fingerprint density at radius 3 is 2.38 bits per heavy atom. The molecule has 0 aliphatic carbocycles. The highest BCUT2D eigenvalue weighted by Gasteiger charge is 2.20. The summed E-state index contributed by atoms with van der Waals surface area (Å²) in [7, 11) is 0. The molecule has 2 aromatic rings. The molecular weight excluding hydrogens is 326 g/mol. The maximum Gasteiger partial charge on any atom is 0.227 e. The number of morpholine rings is 1. The predicted octanol–water partition coefficient (Wildman–Crippen LogP) is 1.68. The predicted molar refractivity (Wildman–Crippen MR) is 104 cm³/mol. The molecule has 2 saturated heterocycles. The first kappa shape index (κ1) is 17.2. The topological polar surface area (TPSA) is 44.7 Å². The van der Waals surface area contributed by atoms with Crippen LogP contribution >= 0.6 is 0 Å². The first-order valence-corrected chi connectivity index (χ1v) is 9.55. The van der Waals surface area contributed by atoms with E-state index in [9.17, 15) is 0 Å². The molecule has 3 heterocycles. The third kappa shape index (κ3) is 4.31. The van der Waals surface area contributed by atoms with Gasteiger partial charge in [0, 0.05) is 52.0 Å². The molecule has 0 saturated carbocycles. The van der Waals surface area contributed by atoms with Crippen molar-refractivity contribution in [2.45, 2.75) is 6.42 Å². The first-order valence-electron chi connectivity index (χ1n) is 9.55. The minimum atomic E-state index is 0.777. The van der Waals surface area contributed by atoms with Gasteiger partial charge in [-0.1, -0.05) is 30.3 Å². The lowest BCUT2D eigenvalue weighted by Gasteiger charge is -2.35. The summed E-state index contributed by atoms with van der Waals surface area (Å²) in [5.74, 6) is 1.88. The Kier molecular flexibility index (Phi) is 5.62. The van der Waals surface area contributed by atoms with Crippen LogP contribution in [-0.4, -0.2) is 73.9 Å². The van der Waals surface area contributed by atoms with E-state index < -0.39 is 0 Å². The molecule has 1 aromatic heterocycles. The lowest BCUT2D eigenvalue weighted by Crippen LogP contribution is -2.47. The smallest absolute Gasteiger partial charge is 0.227 e. The molecule has 6 nitrogen and oxygen atoms in total. The average molecular weight is 353 g/mol. The van der Waals surface area contributed by atoms with Crippen LogP contribution in [0.1, 0.15) is 5.56 Å². The maximum absolute atomic E-state index is 5.43. The normalized spacial score (nSPS) is 18.9. The van der Waals surface area contributed by atoms with E-state index in [1.165, 1.54) is 5.56 Å². The van der Waals surface area contributed by atoms with E-state index in [1.54, 1.807) is 0 Å². The first-order chi connectivity index (χ1) is 12.9. The minimum absolute atomic E-state index is 0.777. The second-order valence-electron chi connectivity index (χ2n) is 6.88. The second-order valence-corrected chi connectivity index (χ2v) is 6.88. The quantitative estimate of drug-likeness (QED) is 0.815. The highest BCUT2D eigenvalue weighted by molar-refractivity contribution is 5.44. The van der Waals surface area contributed by atoms with Gasteiger partial charge >= 0.3 is 0 Å². The number of aromatic nitrogens is 2. The Morgan fingerprint density at radius 2 is 1.62 bits per heavy atom. The number of rotatable bonds is 5. The summed E-state index contributed by atoms with van der Waals surface area (Å²) >= 11 is 0. The molecule has 4 rings (SSSR count). The standard InChI is InChI=1S/C20H27N5O/c1-2-4-18(5-3-1)7-9-23-10-12-25(13-11-23)20-21-8-6-19(22-20)24-14-16-26-17-15-24/h1-6,8H,7,9-17H2. The fraction of sp³-hybridized carbons (Fsp3) is 0.500. The number of nitrogens with zero attached hydrogens (tertiary/aromatic N) is 5. The van der Waals surface area contributed by atoms with E-state index in [4.69, 9.17) is 9.72 Å². The molecule has 0 N–H and O–H groups in total. The van der Waals surface area contributed by atoms with Crippen molar-refractivity contribution in [1.82, 2.24) is 14.9 Å². The number of ether oxygens (including phenoxy) is 1. The molecule has 2 fully saturated rings. The molecule has 0 spiro atoms. The number of benzene rings is 1. The van der Waals surface area contributed by atoms with Crippen molar-refractivity contribution >= 4 is 11.8 Å². The van der Waals surface area contributed by atoms with Gasteiger partial charge in [0.25, 0.3) is 0 Å². The van der Waals surface area contributed by atoms with Gasteiger partial charge in [0.1, 0.15) is 5.82 Å². The van der Waals surface area contributed by atoms with Crippen LogP contribution in [0.4, 0.5) is 11.8 Å². The number of anilines is 2. The molecule has 2 aliphatic heterocycles. The molecule has 138 valence electrons. The fourth-order valence-corrected chi connectivity index (χ4v) is 3.56. The van der Waals surface area contributed by atoms with Crippen molar-refractivity contribution < 1.29 is 4.74 Å². The Balaban J connectivity index is 1.30. The van der Waals surface area contributed by atoms with E-state index >= 15 is 0 Å². The fourth-order valence-electron chi connectivity index (χ4n) is 3.56. The number of hydrogen-bond acceptors (Lipinski definition) is 6. The molecule has 0 atom stereocenters. The number of hydrogen-bond donors (Lipinski definition) is 0. The molecule has 2 aliphatic rings. The van der Waals surface area contributed by atoms with E-state index in [-0.39, 0.29) is 0 Å². The van der Waals surface area contributed by atoms with E-state index in [0.717, 1.165) is 77.2 Å². The summed E-state index contributed by atoms with van der Waals surface area (Å²) < 4.78 is 5.43. The van der Waals surface area contributed by atoms with Crippen LogP contribution in [0.25, 0.3) is 0 Å². The summed E-state index contributed by atoms with van der Waals surface area (Å²) in [6.45, 7) is 8.59. The molecule has 0 radical (unpaired) electrons. The van der Waals surface area contributed by atoms with E-state index in [1.807, 2.05) is 12.3 Å². The third-order valence-corrected chi connectivity index (χ3v) is 5.18. The van der Waals surface area contributed by atoms with Crippen LogP contribution < -0.4 is 9.80 Å². The Hall–Kier alpha value is -2.18. The molecule has 0 amide bonds. The van der Waals surface area contributed by atoms with E-state index in [0.29, 0.717) is 0 Å². The summed E-state index contributed by atoms with van der Waals surface area (Å²) in [5, 5.41) is 0. The van der Waals surface area contributed by atoms with Crippen molar-refractivity contribution in [1.29, 1.82) is 0 Å². The van der Waals surface area contributed by atoms with Crippen molar-refractivity contribution in [3.63, 3.8) is 0 Å². The summed E-state index contributed by atoms with van der Waals surface area (Å²) in [6.07, 6.45) is 3.00. The molecule has 6 heteroatoms. The van der Waals surface area contributed by atoms with Gasteiger partial charge in [-0.3, -0.25) is 4.90 Å². The van der Waals surface area contributed by atoms with Gasteiger partial charge in [-0.05, 0) is 18.1 Å². The van der Waals surface area contributed by atoms with Gasteiger partial charge in [0.05, 0.1) is 13.2 Å². The Labute approximate surface area is 155 Å². The third-order valence-electron chi connectivity index (χ3n) is 5.18. The lowest BCUT2D eigenvalue weighted by molar-refractivity contribution is 0.122. The highest BCUT2D eigenvalue weighted by Crippen LogP contribution is 2.17. The molecular formula is C20H27N5O. The van der Waals surface area contributed by atoms with Gasteiger partial charge in [0.2, 0.25) is 5.95 Å². The largest absolute Gasteiger partial charge is 0.378 e. The maximum atomic E-state index is 5.43. The lowest BCUT2D eigenvalue weighted by atomic mass is 10.1. The van der Waals surface area contributed by atoms with Crippen molar-refractivity contribution in [3.8, 4) is 0 Å². The van der Waals surface area contributed by atoms with Crippen LogP contribution in [0, 0.1) is 0 Å². The van der Waals surface area contributed by atoms with Crippen molar-refractivity contribution in [2.75, 3.05) is 68.8 Å². The summed E-state index contributed by atoms with van der Waals surface area (Å²) in [5.41, 5.74) is 1.41. The Morgan fingerprint density at radius 1 is 0.846 bits per heavy atom. The zero-order chi connectivity index (χ0) is 17.6. The van der Waals surface area contributed by atoms with Crippen molar-refractivity contribution in [3.05, 3.63) is 48.2 Å². The molecule has 0 bridgehead atoms. The van der Waals surface area contributed by atoms with Crippen LogP contribution in [0.15, 0.2) is 42.6 Å².